The predicted molar refractivity (Wildman–Crippen MR) is 71.7 cm³/mol. The maximum Gasteiger partial charge on any atom is 0.0797 e. The lowest BCUT2D eigenvalue weighted by Crippen LogP contribution is -2.44. The summed E-state index contributed by atoms with van der Waals surface area (Å²) in [7, 11) is 0. The lowest BCUT2D eigenvalue weighted by Gasteiger charge is -2.47. The molecule has 0 amide bonds. The molecule has 2 nitrogen and oxygen atoms in total. The maximum atomic E-state index is 10.1. The van der Waals surface area contributed by atoms with Gasteiger partial charge in [0, 0.05) is 0 Å². The summed E-state index contributed by atoms with van der Waals surface area (Å²) in [6, 6.07) is 0. The van der Waals surface area contributed by atoms with E-state index in [0.29, 0.717) is 11.8 Å². The van der Waals surface area contributed by atoms with Crippen molar-refractivity contribution in [3.8, 4) is 0 Å². The third kappa shape index (κ3) is 3.32. The molecule has 1 rings (SSSR count). The number of aliphatic hydroxyl groups excluding tert-OH is 1. The monoisotopic (exact) mass is 240 g/mol. The van der Waals surface area contributed by atoms with Crippen molar-refractivity contribution in [3.63, 3.8) is 0 Å². The Bertz CT molecular complexity index is 268. The van der Waals surface area contributed by atoms with E-state index in [4.69, 9.17) is 0 Å². The van der Waals surface area contributed by atoms with Gasteiger partial charge in [-0.3, -0.25) is 0 Å². The van der Waals surface area contributed by atoms with Crippen LogP contribution in [0.3, 0.4) is 0 Å². The van der Waals surface area contributed by atoms with Crippen LogP contribution in [-0.4, -0.2) is 21.9 Å². The normalized spacial score (nSPS) is 36.2. The van der Waals surface area contributed by atoms with Crippen molar-refractivity contribution in [2.24, 2.45) is 17.3 Å². The average molecular weight is 240 g/mol. The molecule has 1 aliphatic carbocycles. The molecule has 0 aromatic carbocycles. The minimum absolute atomic E-state index is 0.0467. The quantitative estimate of drug-likeness (QED) is 0.741. The van der Waals surface area contributed by atoms with Crippen LogP contribution in [0.1, 0.15) is 53.4 Å². The average Bonchev–Trinajstić information content (AvgIpc) is 2.23. The molecule has 1 fully saturated rings. The number of hydrogen-bond acceptors (Lipinski definition) is 2. The van der Waals surface area contributed by atoms with Crippen LogP contribution in [-0.2, 0) is 0 Å². The van der Waals surface area contributed by atoms with Crippen LogP contribution in [0.5, 0.6) is 0 Å². The molecule has 0 aliphatic heterocycles. The summed E-state index contributed by atoms with van der Waals surface area (Å²) in [6.07, 6.45) is 5.07. The van der Waals surface area contributed by atoms with E-state index in [9.17, 15) is 10.2 Å². The topological polar surface area (TPSA) is 40.5 Å². The van der Waals surface area contributed by atoms with Gasteiger partial charge in [0.1, 0.15) is 0 Å². The van der Waals surface area contributed by atoms with Crippen LogP contribution >= 0.6 is 0 Å². The minimum atomic E-state index is -0.780. The Kier molecular flexibility index (Phi) is 4.43. The Morgan fingerprint density at radius 1 is 1.41 bits per heavy atom. The van der Waals surface area contributed by atoms with Gasteiger partial charge in [-0.1, -0.05) is 26.8 Å². The van der Waals surface area contributed by atoms with Crippen LogP contribution in [0, 0.1) is 17.3 Å². The van der Waals surface area contributed by atoms with Crippen molar-refractivity contribution < 1.29 is 10.2 Å². The molecule has 2 N–H and O–H groups in total. The highest BCUT2D eigenvalue weighted by Gasteiger charge is 2.43. The molecule has 0 aromatic heterocycles. The van der Waals surface area contributed by atoms with Gasteiger partial charge in [0.2, 0.25) is 0 Å². The second kappa shape index (κ2) is 5.11. The first-order valence-corrected chi connectivity index (χ1v) is 6.75. The van der Waals surface area contributed by atoms with Crippen molar-refractivity contribution in [1.29, 1.82) is 0 Å². The van der Waals surface area contributed by atoms with Crippen LogP contribution < -0.4 is 0 Å². The molecule has 2 heteroatoms. The molecule has 1 saturated carbocycles. The zero-order chi connectivity index (χ0) is 13.3. The summed E-state index contributed by atoms with van der Waals surface area (Å²) in [4.78, 5) is 0. The molecule has 0 heterocycles. The van der Waals surface area contributed by atoms with E-state index in [1.54, 1.807) is 13.0 Å². The van der Waals surface area contributed by atoms with Crippen LogP contribution in [0.15, 0.2) is 12.7 Å². The van der Waals surface area contributed by atoms with Crippen molar-refractivity contribution in [2.45, 2.75) is 65.1 Å². The predicted octanol–water partition coefficient (Wildman–Crippen LogP) is 3.14. The summed E-state index contributed by atoms with van der Waals surface area (Å²) >= 11 is 0. The van der Waals surface area contributed by atoms with Gasteiger partial charge in [0.05, 0.1) is 11.7 Å². The summed E-state index contributed by atoms with van der Waals surface area (Å²) in [5.41, 5.74) is -0.826. The largest absolute Gasteiger partial charge is 0.393 e. The van der Waals surface area contributed by atoms with E-state index in [1.165, 1.54) is 0 Å². The van der Waals surface area contributed by atoms with Gasteiger partial charge in [0.15, 0.2) is 0 Å². The van der Waals surface area contributed by atoms with Crippen LogP contribution in [0.25, 0.3) is 0 Å². The molecule has 4 unspecified atom stereocenters. The molecule has 1 aliphatic rings. The Labute approximate surface area is 106 Å². The number of rotatable bonds is 4. The third-order valence-electron chi connectivity index (χ3n) is 4.80. The van der Waals surface area contributed by atoms with Crippen molar-refractivity contribution in [2.75, 3.05) is 0 Å². The molecule has 0 aromatic rings. The first-order chi connectivity index (χ1) is 7.70. The molecule has 4 atom stereocenters. The fourth-order valence-corrected chi connectivity index (χ4v) is 3.18. The van der Waals surface area contributed by atoms with Crippen LogP contribution in [0.2, 0.25) is 0 Å². The molecular weight excluding hydrogens is 212 g/mol. The Morgan fingerprint density at radius 2 is 2.00 bits per heavy atom. The molecular formula is C15H28O2. The van der Waals surface area contributed by atoms with Gasteiger partial charge in [-0.05, 0) is 49.9 Å². The second-order valence-corrected chi connectivity index (χ2v) is 6.60. The van der Waals surface area contributed by atoms with Gasteiger partial charge in [-0.2, -0.15) is 0 Å². The Morgan fingerprint density at radius 3 is 2.53 bits per heavy atom. The lowest BCUT2D eigenvalue weighted by molar-refractivity contribution is -0.0623. The smallest absolute Gasteiger partial charge is 0.0797 e. The van der Waals surface area contributed by atoms with Gasteiger partial charge in [-0.15, -0.1) is 6.58 Å². The van der Waals surface area contributed by atoms with Crippen molar-refractivity contribution in [1.82, 2.24) is 0 Å². The van der Waals surface area contributed by atoms with Crippen molar-refractivity contribution >= 4 is 0 Å². The fraction of sp³-hybridized carbons (Fsp3) is 0.867. The SMILES string of the molecule is C=CC(C)(O)CCC1C(C)CCC(O)C1(C)C. The summed E-state index contributed by atoms with van der Waals surface area (Å²) < 4.78 is 0. The highest BCUT2D eigenvalue weighted by molar-refractivity contribution is 4.96. The third-order valence-corrected chi connectivity index (χ3v) is 4.80. The number of aliphatic hydroxyl groups is 2. The summed E-state index contributed by atoms with van der Waals surface area (Å²) in [5, 5.41) is 20.1. The van der Waals surface area contributed by atoms with Gasteiger partial charge in [-0.25, -0.2) is 0 Å². The first-order valence-electron chi connectivity index (χ1n) is 6.75. The van der Waals surface area contributed by atoms with Crippen molar-refractivity contribution in [3.05, 3.63) is 12.7 Å². The van der Waals surface area contributed by atoms with E-state index in [1.807, 2.05) is 0 Å². The zero-order valence-electron chi connectivity index (χ0n) is 11.7. The lowest BCUT2D eigenvalue weighted by atomic mass is 9.60. The van der Waals surface area contributed by atoms with E-state index < -0.39 is 5.60 Å². The van der Waals surface area contributed by atoms with E-state index in [-0.39, 0.29) is 11.5 Å². The summed E-state index contributed by atoms with van der Waals surface area (Å²) in [6.45, 7) is 12.0. The number of hydrogen-bond donors (Lipinski definition) is 2. The van der Waals surface area contributed by atoms with E-state index in [0.717, 1.165) is 25.7 Å². The van der Waals surface area contributed by atoms with Gasteiger partial charge in [0.25, 0.3) is 0 Å². The highest BCUT2D eigenvalue weighted by Crippen LogP contribution is 2.46. The van der Waals surface area contributed by atoms with E-state index in [2.05, 4.69) is 27.4 Å². The maximum absolute atomic E-state index is 10.1. The molecule has 0 spiro atoms. The first kappa shape index (κ1) is 14.7. The standard InChI is InChI=1S/C15H28O2/c1-6-15(5,17)10-9-12-11(2)7-8-13(16)14(12,3)4/h6,11-13,16-17H,1,7-10H2,2-5H3. The molecule has 0 bridgehead atoms. The van der Waals surface area contributed by atoms with E-state index >= 15 is 0 Å². The fourth-order valence-electron chi connectivity index (χ4n) is 3.18. The molecule has 0 radical (unpaired) electrons. The second-order valence-electron chi connectivity index (χ2n) is 6.60. The summed E-state index contributed by atoms with van der Waals surface area (Å²) in [5.74, 6) is 1.09. The Hall–Kier alpha value is -0.340. The van der Waals surface area contributed by atoms with Gasteiger partial charge < -0.3 is 10.2 Å². The minimum Gasteiger partial charge on any atom is -0.393 e. The molecule has 0 saturated heterocycles. The van der Waals surface area contributed by atoms with Gasteiger partial charge >= 0.3 is 0 Å². The highest BCUT2D eigenvalue weighted by atomic mass is 16.3. The molecule has 17 heavy (non-hydrogen) atoms. The molecule has 100 valence electrons. The van der Waals surface area contributed by atoms with Crippen LogP contribution in [0.4, 0.5) is 0 Å². The zero-order valence-corrected chi connectivity index (χ0v) is 11.7. The Balaban J connectivity index is 2.69.